The van der Waals surface area contributed by atoms with Gasteiger partial charge in [-0.1, -0.05) is 6.08 Å². The highest BCUT2D eigenvalue weighted by atomic mass is 127. The van der Waals surface area contributed by atoms with E-state index < -0.39 is 0 Å². The van der Waals surface area contributed by atoms with Crippen molar-refractivity contribution in [2.24, 2.45) is 4.99 Å². The van der Waals surface area contributed by atoms with Gasteiger partial charge in [-0.25, -0.2) is 0 Å². The molecule has 0 amide bonds. The van der Waals surface area contributed by atoms with Gasteiger partial charge >= 0.3 is 0 Å². The molecular formula is C14H29IN4. The van der Waals surface area contributed by atoms with Crippen LogP contribution in [0.15, 0.2) is 17.6 Å². The third kappa shape index (κ3) is 6.61. The monoisotopic (exact) mass is 380 g/mol. The van der Waals surface area contributed by atoms with E-state index in [0.29, 0.717) is 6.04 Å². The molecule has 0 spiro atoms. The van der Waals surface area contributed by atoms with Crippen LogP contribution < -0.4 is 5.32 Å². The van der Waals surface area contributed by atoms with E-state index in [-0.39, 0.29) is 24.0 Å². The largest absolute Gasteiger partial charge is 0.355 e. The van der Waals surface area contributed by atoms with Gasteiger partial charge in [-0.05, 0) is 39.3 Å². The summed E-state index contributed by atoms with van der Waals surface area (Å²) in [7, 11) is 6.15. The number of rotatable bonds is 6. The molecule has 112 valence electrons. The summed E-state index contributed by atoms with van der Waals surface area (Å²) >= 11 is 0. The molecular weight excluding hydrogens is 351 g/mol. The molecule has 0 bridgehead atoms. The molecule has 4 nitrogen and oxygen atoms in total. The molecule has 1 atom stereocenters. The van der Waals surface area contributed by atoms with Crippen LogP contribution in [0.1, 0.15) is 25.7 Å². The van der Waals surface area contributed by atoms with Gasteiger partial charge in [-0.3, -0.25) is 4.99 Å². The molecule has 0 aromatic rings. The van der Waals surface area contributed by atoms with Crippen LogP contribution in [0.4, 0.5) is 0 Å². The third-order valence-electron chi connectivity index (χ3n) is 3.64. The van der Waals surface area contributed by atoms with Crippen molar-refractivity contribution in [3.8, 4) is 0 Å². The lowest BCUT2D eigenvalue weighted by atomic mass is 10.2. The van der Waals surface area contributed by atoms with Crippen LogP contribution in [-0.4, -0.2) is 62.6 Å². The molecule has 5 heteroatoms. The van der Waals surface area contributed by atoms with Crippen molar-refractivity contribution in [1.82, 2.24) is 15.1 Å². The lowest BCUT2D eigenvalue weighted by Crippen LogP contribution is -2.44. The van der Waals surface area contributed by atoms with Gasteiger partial charge in [0.15, 0.2) is 5.96 Å². The highest BCUT2D eigenvalue weighted by Crippen LogP contribution is 2.13. The number of likely N-dealkylation sites (tertiary alicyclic amines) is 1. The zero-order valence-electron chi connectivity index (χ0n) is 12.6. The Morgan fingerprint density at radius 3 is 2.84 bits per heavy atom. The number of nitrogens with zero attached hydrogens (tertiary/aromatic N) is 3. The first-order valence-corrected chi connectivity index (χ1v) is 6.92. The molecule has 1 unspecified atom stereocenters. The van der Waals surface area contributed by atoms with E-state index in [4.69, 9.17) is 0 Å². The number of unbranched alkanes of at least 4 members (excludes halogenated alkanes) is 1. The normalized spacial score (nSPS) is 19.9. The molecule has 1 saturated heterocycles. The van der Waals surface area contributed by atoms with E-state index in [2.05, 4.69) is 40.8 Å². The van der Waals surface area contributed by atoms with E-state index in [1.165, 1.54) is 19.4 Å². The van der Waals surface area contributed by atoms with Crippen LogP contribution in [-0.2, 0) is 0 Å². The van der Waals surface area contributed by atoms with E-state index in [1.807, 2.05) is 13.1 Å². The molecule has 1 heterocycles. The van der Waals surface area contributed by atoms with Gasteiger partial charge in [0.1, 0.15) is 0 Å². The number of aliphatic imine (C=N–C) groups is 1. The summed E-state index contributed by atoms with van der Waals surface area (Å²) in [6, 6.07) is 0.656. The summed E-state index contributed by atoms with van der Waals surface area (Å²) in [6.45, 7) is 6.99. The average molecular weight is 380 g/mol. The Hall–Kier alpha value is -0.300. The Balaban J connectivity index is 0.00000324. The van der Waals surface area contributed by atoms with Crippen molar-refractivity contribution in [2.45, 2.75) is 31.7 Å². The minimum Gasteiger partial charge on any atom is -0.355 e. The summed E-state index contributed by atoms with van der Waals surface area (Å²) in [5.41, 5.74) is 0. The number of allylic oxidation sites excluding steroid dienone is 1. The molecule has 0 aromatic carbocycles. The Kier molecular flexibility index (Phi) is 10.3. The van der Waals surface area contributed by atoms with Gasteiger partial charge < -0.3 is 15.1 Å². The first-order valence-electron chi connectivity index (χ1n) is 6.92. The Bertz CT molecular complexity index is 281. The highest BCUT2D eigenvalue weighted by Gasteiger charge is 2.21. The fourth-order valence-electron chi connectivity index (χ4n) is 2.41. The number of likely N-dealkylation sites (N-methyl/N-ethyl adjacent to an activating group) is 1. The molecule has 1 fully saturated rings. The minimum absolute atomic E-state index is 0. The summed E-state index contributed by atoms with van der Waals surface area (Å²) in [6.07, 6.45) is 6.77. The second-order valence-corrected chi connectivity index (χ2v) is 5.06. The lowest BCUT2D eigenvalue weighted by molar-refractivity contribution is 0.307. The maximum absolute atomic E-state index is 4.34. The average Bonchev–Trinajstić information content (AvgIpc) is 2.76. The van der Waals surface area contributed by atoms with Crippen molar-refractivity contribution in [3.63, 3.8) is 0 Å². The van der Waals surface area contributed by atoms with E-state index in [1.54, 1.807) is 0 Å². The molecule has 19 heavy (non-hydrogen) atoms. The fraction of sp³-hybridized carbons (Fsp3) is 0.786. The second kappa shape index (κ2) is 10.5. The zero-order chi connectivity index (χ0) is 13.4. The lowest BCUT2D eigenvalue weighted by Gasteiger charge is -2.25. The van der Waals surface area contributed by atoms with Crippen molar-refractivity contribution < 1.29 is 0 Å². The number of hydrogen-bond acceptors (Lipinski definition) is 2. The van der Waals surface area contributed by atoms with Crippen LogP contribution in [0.25, 0.3) is 0 Å². The SMILES string of the molecule is C=CCCCN(C)C(=NC)NCC1CCCN1C.I. The summed E-state index contributed by atoms with van der Waals surface area (Å²) in [5, 5.41) is 3.48. The van der Waals surface area contributed by atoms with Crippen LogP contribution in [0.5, 0.6) is 0 Å². The molecule has 0 aromatic heterocycles. The van der Waals surface area contributed by atoms with Crippen molar-refractivity contribution in [1.29, 1.82) is 0 Å². The predicted octanol–water partition coefficient (Wildman–Crippen LogP) is 2.17. The van der Waals surface area contributed by atoms with Crippen LogP contribution in [0.2, 0.25) is 0 Å². The maximum atomic E-state index is 4.34. The predicted molar refractivity (Wildman–Crippen MR) is 94.5 cm³/mol. The molecule has 1 rings (SSSR count). The van der Waals surface area contributed by atoms with Crippen LogP contribution in [0, 0.1) is 0 Å². The van der Waals surface area contributed by atoms with Gasteiger partial charge in [0.05, 0.1) is 0 Å². The molecule has 1 N–H and O–H groups in total. The number of guanidine groups is 1. The summed E-state index contributed by atoms with van der Waals surface area (Å²) in [5.74, 6) is 0.999. The Labute approximate surface area is 135 Å². The fourth-order valence-corrected chi connectivity index (χ4v) is 2.41. The Morgan fingerprint density at radius 2 is 2.32 bits per heavy atom. The van der Waals surface area contributed by atoms with Crippen molar-refractivity contribution >= 4 is 29.9 Å². The van der Waals surface area contributed by atoms with E-state index in [9.17, 15) is 0 Å². The third-order valence-corrected chi connectivity index (χ3v) is 3.64. The quantitative estimate of drug-likeness (QED) is 0.252. The van der Waals surface area contributed by atoms with Crippen molar-refractivity contribution in [3.05, 3.63) is 12.7 Å². The minimum atomic E-state index is 0. The van der Waals surface area contributed by atoms with E-state index >= 15 is 0 Å². The van der Waals surface area contributed by atoms with Crippen LogP contribution >= 0.6 is 24.0 Å². The van der Waals surface area contributed by atoms with Gasteiger partial charge in [0.25, 0.3) is 0 Å². The van der Waals surface area contributed by atoms with E-state index in [0.717, 1.165) is 31.9 Å². The summed E-state index contributed by atoms with van der Waals surface area (Å²) < 4.78 is 0. The highest BCUT2D eigenvalue weighted by molar-refractivity contribution is 14.0. The number of nitrogens with one attached hydrogen (secondary N) is 1. The number of halogens is 1. The zero-order valence-corrected chi connectivity index (χ0v) is 14.9. The van der Waals surface area contributed by atoms with Gasteiger partial charge in [0.2, 0.25) is 0 Å². The number of hydrogen-bond donors (Lipinski definition) is 1. The van der Waals surface area contributed by atoms with Gasteiger partial charge in [0, 0.05) is 33.2 Å². The van der Waals surface area contributed by atoms with Crippen molar-refractivity contribution in [2.75, 3.05) is 40.8 Å². The molecule has 0 radical (unpaired) electrons. The van der Waals surface area contributed by atoms with Gasteiger partial charge in [-0.2, -0.15) is 0 Å². The first-order chi connectivity index (χ1) is 8.69. The molecule has 1 aliphatic rings. The molecule has 0 saturated carbocycles. The first kappa shape index (κ1) is 18.7. The standard InChI is InChI=1S/C14H28N4.HI/c1-5-6-7-10-18(4)14(15-2)16-12-13-9-8-11-17(13)3;/h5,13H,1,6-12H2,2-4H3,(H,15,16);1H. The summed E-state index contributed by atoms with van der Waals surface area (Å²) in [4.78, 5) is 8.96. The topological polar surface area (TPSA) is 30.9 Å². The molecule has 1 aliphatic heterocycles. The Morgan fingerprint density at radius 1 is 1.58 bits per heavy atom. The smallest absolute Gasteiger partial charge is 0.193 e. The van der Waals surface area contributed by atoms with Gasteiger partial charge in [-0.15, -0.1) is 30.6 Å². The molecule has 0 aliphatic carbocycles. The second-order valence-electron chi connectivity index (χ2n) is 5.06. The van der Waals surface area contributed by atoms with Crippen LogP contribution in [0.3, 0.4) is 0 Å². The maximum Gasteiger partial charge on any atom is 0.193 e.